The van der Waals surface area contributed by atoms with Crippen LogP contribution in [0.5, 0.6) is 0 Å². The molecule has 0 atom stereocenters. The van der Waals surface area contributed by atoms with E-state index in [0.29, 0.717) is 30.9 Å². The van der Waals surface area contributed by atoms with Crippen LogP contribution in [0.15, 0.2) is 109 Å². The Morgan fingerprint density at radius 1 is 0.903 bits per heavy atom. The third-order valence-electron chi connectivity index (χ3n) is 5.20. The number of Topliss-reactive ketones (excluding diaryl/α,β-unsaturated/α-hetero) is 1. The molecular weight excluding hydrogens is 384 g/mol. The molecule has 2 N–H and O–H groups in total. The Bertz CT molecular complexity index is 1060. The number of pyridine rings is 1. The molecule has 0 fully saturated rings. The summed E-state index contributed by atoms with van der Waals surface area (Å²) in [6, 6.07) is 24.0. The standard InChI is InChI=1S/C26H26N4O/c1-20(29-23-10-6-3-7-11-23)26-24(28-16-21-12-14-27-15-13-21)18-30(19-25(26)31)17-22-8-4-2-5-9-22/h2-15,28-29H,1,16-19H2. The Labute approximate surface area is 183 Å². The molecule has 4 rings (SSSR count). The molecule has 0 saturated carbocycles. The number of allylic oxidation sites excluding steroid dienone is 1. The van der Waals surface area contributed by atoms with Crippen LogP contribution in [0.4, 0.5) is 5.69 Å². The number of benzene rings is 2. The summed E-state index contributed by atoms with van der Waals surface area (Å²) in [5, 5.41) is 6.78. The summed E-state index contributed by atoms with van der Waals surface area (Å²) in [5.41, 5.74) is 5.35. The molecule has 0 saturated heterocycles. The van der Waals surface area contributed by atoms with Gasteiger partial charge in [-0.05, 0) is 35.4 Å². The van der Waals surface area contributed by atoms with E-state index in [1.54, 1.807) is 12.4 Å². The van der Waals surface area contributed by atoms with Crippen molar-refractivity contribution >= 4 is 11.5 Å². The lowest BCUT2D eigenvalue weighted by Gasteiger charge is -2.31. The first kappa shape index (κ1) is 20.6. The van der Waals surface area contributed by atoms with E-state index in [-0.39, 0.29) is 5.78 Å². The minimum Gasteiger partial charge on any atom is -0.383 e. The topological polar surface area (TPSA) is 57.3 Å². The highest BCUT2D eigenvalue weighted by atomic mass is 16.1. The van der Waals surface area contributed by atoms with Gasteiger partial charge in [-0.25, -0.2) is 0 Å². The average Bonchev–Trinajstić information content (AvgIpc) is 2.79. The number of hydrogen-bond donors (Lipinski definition) is 2. The number of rotatable bonds is 8. The lowest BCUT2D eigenvalue weighted by molar-refractivity contribution is -0.117. The van der Waals surface area contributed by atoms with E-state index in [9.17, 15) is 4.79 Å². The minimum atomic E-state index is 0.0628. The third kappa shape index (κ3) is 5.47. The predicted molar refractivity (Wildman–Crippen MR) is 124 cm³/mol. The molecule has 1 aliphatic rings. The molecule has 1 aromatic heterocycles. The number of nitrogens with one attached hydrogen (secondary N) is 2. The van der Waals surface area contributed by atoms with E-state index in [1.165, 1.54) is 5.56 Å². The van der Waals surface area contributed by atoms with Gasteiger partial charge in [-0.2, -0.15) is 0 Å². The van der Waals surface area contributed by atoms with Crippen LogP contribution in [-0.2, 0) is 17.9 Å². The molecule has 0 radical (unpaired) electrons. The zero-order valence-electron chi connectivity index (χ0n) is 17.4. The zero-order chi connectivity index (χ0) is 21.5. The first-order chi connectivity index (χ1) is 15.2. The molecule has 5 heteroatoms. The number of aromatic nitrogens is 1. The third-order valence-corrected chi connectivity index (χ3v) is 5.20. The van der Waals surface area contributed by atoms with Crippen molar-refractivity contribution in [3.05, 3.63) is 120 Å². The van der Waals surface area contributed by atoms with Crippen LogP contribution in [0.25, 0.3) is 0 Å². The summed E-state index contributed by atoms with van der Waals surface area (Å²) in [7, 11) is 0. The lowest BCUT2D eigenvalue weighted by Crippen LogP contribution is -2.41. The van der Waals surface area contributed by atoms with E-state index in [2.05, 4.69) is 39.2 Å². The fourth-order valence-electron chi connectivity index (χ4n) is 3.72. The van der Waals surface area contributed by atoms with Gasteiger partial charge in [0.25, 0.3) is 0 Å². The monoisotopic (exact) mass is 410 g/mol. The van der Waals surface area contributed by atoms with Crippen molar-refractivity contribution < 1.29 is 4.79 Å². The van der Waals surface area contributed by atoms with Gasteiger partial charge in [-0.3, -0.25) is 14.7 Å². The molecule has 0 bridgehead atoms. The second-order valence-electron chi connectivity index (χ2n) is 7.59. The maximum Gasteiger partial charge on any atom is 0.180 e. The quantitative estimate of drug-likeness (QED) is 0.585. The summed E-state index contributed by atoms with van der Waals surface area (Å²) in [5.74, 6) is 0.0628. The maximum absolute atomic E-state index is 13.2. The Kier molecular flexibility index (Phi) is 6.55. The number of anilines is 1. The van der Waals surface area contributed by atoms with E-state index < -0.39 is 0 Å². The molecule has 5 nitrogen and oxygen atoms in total. The van der Waals surface area contributed by atoms with Gasteiger partial charge in [0.05, 0.1) is 12.1 Å². The van der Waals surface area contributed by atoms with E-state index >= 15 is 0 Å². The molecular formula is C26H26N4O. The molecule has 0 aliphatic carbocycles. The largest absolute Gasteiger partial charge is 0.383 e. The van der Waals surface area contributed by atoms with Crippen LogP contribution in [0.2, 0.25) is 0 Å². The number of carbonyl (C=O) groups excluding carboxylic acids is 1. The molecule has 2 aromatic carbocycles. The number of hydrogen-bond acceptors (Lipinski definition) is 5. The number of para-hydroxylation sites is 1. The fourth-order valence-corrected chi connectivity index (χ4v) is 3.72. The van der Waals surface area contributed by atoms with Crippen LogP contribution >= 0.6 is 0 Å². The van der Waals surface area contributed by atoms with Gasteiger partial charge >= 0.3 is 0 Å². The van der Waals surface area contributed by atoms with Gasteiger partial charge in [0.1, 0.15) is 0 Å². The van der Waals surface area contributed by atoms with Gasteiger partial charge in [0.2, 0.25) is 0 Å². The summed E-state index contributed by atoms with van der Waals surface area (Å²) in [6.45, 7) is 6.53. The fraction of sp³-hybridized carbons (Fsp3) is 0.154. The zero-order valence-corrected chi connectivity index (χ0v) is 17.4. The van der Waals surface area contributed by atoms with Gasteiger partial charge in [-0.1, -0.05) is 55.1 Å². The molecule has 0 amide bonds. The molecule has 1 aliphatic heterocycles. The van der Waals surface area contributed by atoms with Crippen molar-refractivity contribution in [1.29, 1.82) is 0 Å². The van der Waals surface area contributed by atoms with Crippen LogP contribution in [0, 0.1) is 0 Å². The van der Waals surface area contributed by atoms with Crippen molar-refractivity contribution in [3.8, 4) is 0 Å². The van der Waals surface area contributed by atoms with Crippen molar-refractivity contribution in [1.82, 2.24) is 15.2 Å². The molecule has 2 heterocycles. The molecule has 156 valence electrons. The molecule has 0 spiro atoms. The Hall–Kier alpha value is -3.70. The highest BCUT2D eigenvalue weighted by Gasteiger charge is 2.27. The van der Waals surface area contributed by atoms with Crippen LogP contribution in [0.3, 0.4) is 0 Å². The molecule has 31 heavy (non-hydrogen) atoms. The number of carbonyl (C=O) groups is 1. The smallest absolute Gasteiger partial charge is 0.180 e. The highest BCUT2D eigenvalue weighted by molar-refractivity contribution is 6.03. The van der Waals surface area contributed by atoms with E-state index in [0.717, 1.165) is 23.5 Å². The second kappa shape index (κ2) is 9.87. The first-order valence-electron chi connectivity index (χ1n) is 10.4. The average molecular weight is 411 g/mol. The minimum absolute atomic E-state index is 0.0628. The number of nitrogens with zero attached hydrogens (tertiary/aromatic N) is 2. The van der Waals surface area contributed by atoms with Crippen LogP contribution < -0.4 is 10.6 Å². The van der Waals surface area contributed by atoms with E-state index in [1.807, 2.05) is 60.7 Å². The maximum atomic E-state index is 13.2. The summed E-state index contributed by atoms with van der Waals surface area (Å²) < 4.78 is 0. The van der Waals surface area contributed by atoms with Gasteiger partial charge in [-0.15, -0.1) is 0 Å². The molecule has 0 unspecified atom stereocenters. The van der Waals surface area contributed by atoms with Gasteiger partial charge in [0.15, 0.2) is 5.78 Å². The van der Waals surface area contributed by atoms with Gasteiger partial charge < -0.3 is 10.6 Å². The molecule has 3 aromatic rings. The highest BCUT2D eigenvalue weighted by Crippen LogP contribution is 2.23. The Balaban J connectivity index is 1.57. The van der Waals surface area contributed by atoms with Crippen molar-refractivity contribution in [2.75, 3.05) is 18.4 Å². The van der Waals surface area contributed by atoms with Crippen molar-refractivity contribution in [3.63, 3.8) is 0 Å². The number of ketones is 1. The Morgan fingerprint density at radius 2 is 1.58 bits per heavy atom. The summed E-state index contributed by atoms with van der Waals surface area (Å²) >= 11 is 0. The summed E-state index contributed by atoms with van der Waals surface area (Å²) in [6.07, 6.45) is 3.55. The predicted octanol–water partition coefficient (Wildman–Crippen LogP) is 4.14. The summed E-state index contributed by atoms with van der Waals surface area (Å²) in [4.78, 5) is 19.4. The lowest BCUT2D eigenvalue weighted by atomic mass is 9.99. The van der Waals surface area contributed by atoms with Crippen molar-refractivity contribution in [2.45, 2.75) is 13.1 Å². The SMILES string of the molecule is C=C(Nc1ccccc1)C1=C(NCc2ccncc2)CN(Cc2ccccc2)CC1=O. The van der Waals surface area contributed by atoms with E-state index in [4.69, 9.17) is 0 Å². The van der Waals surface area contributed by atoms with Crippen LogP contribution in [-0.4, -0.2) is 28.8 Å². The van der Waals surface area contributed by atoms with Gasteiger partial charge in [0, 0.05) is 49.1 Å². The van der Waals surface area contributed by atoms with Crippen LogP contribution in [0.1, 0.15) is 11.1 Å². The Morgan fingerprint density at radius 3 is 2.29 bits per heavy atom. The first-order valence-corrected chi connectivity index (χ1v) is 10.4. The normalized spacial score (nSPS) is 14.4. The van der Waals surface area contributed by atoms with Crippen molar-refractivity contribution in [2.24, 2.45) is 0 Å². The second-order valence-corrected chi connectivity index (χ2v) is 7.59.